The van der Waals surface area contributed by atoms with Crippen LogP contribution < -0.4 is 10.1 Å². The minimum Gasteiger partial charge on any atom is -0.489 e. The number of aromatic nitrogens is 2. The lowest BCUT2D eigenvalue weighted by molar-refractivity contribution is -0.117. The number of nitrogens with zero attached hydrogens (tertiary/aromatic N) is 2. The predicted octanol–water partition coefficient (Wildman–Crippen LogP) is 4.11. The molecule has 0 aliphatic heterocycles. The first-order chi connectivity index (χ1) is 12.7. The molecule has 132 valence electrons. The third kappa shape index (κ3) is 3.77. The summed E-state index contributed by atoms with van der Waals surface area (Å²) in [7, 11) is 0. The van der Waals surface area contributed by atoms with Gasteiger partial charge >= 0.3 is 0 Å². The largest absolute Gasteiger partial charge is 0.489 e. The summed E-state index contributed by atoms with van der Waals surface area (Å²) < 4.78 is 7.91. The van der Waals surface area contributed by atoms with E-state index in [1.165, 1.54) is 0 Å². The highest BCUT2D eigenvalue weighted by molar-refractivity contribution is 5.94. The molecule has 0 spiro atoms. The van der Waals surface area contributed by atoms with Crippen molar-refractivity contribution in [2.75, 3.05) is 5.32 Å². The summed E-state index contributed by atoms with van der Waals surface area (Å²) in [6, 6.07) is 15.7. The molecule has 1 aliphatic carbocycles. The Balaban J connectivity index is 1.38. The molecule has 1 N–H and O–H groups in total. The van der Waals surface area contributed by atoms with Gasteiger partial charge in [-0.3, -0.25) is 4.79 Å². The van der Waals surface area contributed by atoms with E-state index in [9.17, 15) is 4.79 Å². The number of imidazole rings is 1. The molecule has 0 saturated heterocycles. The van der Waals surface area contributed by atoms with Crippen LogP contribution in [0.3, 0.4) is 0 Å². The Hall–Kier alpha value is -3.08. The fraction of sp³-hybridized carbons (Fsp3) is 0.238. The van der Waals surface area contributed by atoms with Gasteiger partial charge in [0.1, 0.15) is 18.2 Å². The van der Waals surface area contributed by atoms with Crippen molar-refractivity contribution < 1.29 is 9.53 Å². The Kier molecular flexibility index (Phi) is 4.44. The van der Waals surface area contributed by atoms with Gasteiger partial charge in [0.25, 0.3) is 0 Å². The molecular formula is C21H21N3O2. The number of aryl methyl sites for hydroxylation is 1. The van der Waals surface area contributed by atoms with Crippen LogP contribution in [-0.4, -0.2) is 15.5 Å². The van der Waals surface area contributed by atoms with Crippen molar-refractivity contribution in [1.29, 1.82) is 0 Å². The molecule has 5 nitrogen and oxygen atoms in total. The maximum absolute atomic E-state index is 11.9. The fourth-order valence-corrected chi connectivity index (χ4v) is 2.82. The lowest BCUT2D eigenvalue weighted by atomic mass is 10.2. The molecule has 26 heavy (non-hydrogen) atoms. The Morgan fingerprint density at radius 1 is 1.23 bits per heavy atom. The number of carbonyl (C=O) groups excluding carboxylic acids is 1. The molecule has 1 aromatic heterocycles. The van der Waals surface area contributed by atoms with Gasteiger partial charge in [0.15, 0.2) is 0 Å². The molecule has 0 bridgehead atoms. The maximum Gasteiger partial charge on any atom is 0.227 e. The van der Waals surface area contributed by atoms with E-state index < -0.39 is 0 Å². The van der Waals surface area contributed by atoms with Crippen LogP contribution in [0.1, 0.15) is 24.2 Å². The van der Waals surface area contributed by atoms with Crippen LogP contribution in [0.15, 0.2) is 60.9 Å². The molecule has 4 rings (SSSR count). The minimum absolute atomic E-state index is 0.104. The first-order valence-electron chi connectivity index (χ1n) is 8.82. The monoisotopic (exact) mass is 347 g/mol. The molecule has 0 unspecified atom stereocenters. The second kappa shape index (κ2) is 7.04. The summed E-state index contributed by atoms with van der Waals surface area (Å²) in [5.74, 6) is 2.00. The van der Waals surface area contributed by atoms with Gasteiger partial charge in [-0.25, -0.2) is 4.98 Å². The molecule has 0 radical (unpaired) electrons. The van der Waals surface area contributed by atoms with E-state index in [1.807, 2.05) is 54.1 Å². The number of nitrogens with one attached hydrogen (secondary N) is 1. The normalized spacial score (nSPS) is 13.4. The second-order valence-corrected chi connectivity index (χ2v) is 6.59. The smallest absolute Gasteiger partial charge is 0.227 e. The number of rotatable bonds is 6. The molecule has 2 aromatic carbocycles. The molecule has 0 atom stereocenters. The van der Waals surface area contributed by atoms with Gasteiger partial charge < -0.3 is 14.6 Å². The summed E-state index contributed by atoms with van der Waals surface area (Å²) >= 11 is 0. The molecule has 1 amide bonds. The van der Waals surface area contributed by atoms with Crippen LogP contribution in [0, 0.1) is 12.8 Å². The fourth-order valence-electron chi connectivity index (χ4n) is 2.82. The zero-order valence-electron chi connectivity index (χ0n) is 14.7. The first kappa shape index (κ1) is 16.4. The van der Waals surface area contributed by atoms with Gasteiger partial charge in [0.05, 0.1) is 0 Å². The molecular weight excluding hydrogens is 326 g/mol. The lowest BCUT2D eigenvalue weighted by Gasteiger charge is -2.10. The van der Waals surface area contributed by atoms with Gasteiger partial charge in [0, 0.05) is 35.8 Å². The number of benzene rings is 2. The quantitative estimate of drug-likeness (QED) is 0.730. The number of hydrogen-bond donors (Lipinski definition) is 1. The lowest BCUT2D eigenvalue weighted by Crippen LogP contribution is -2.13. The van der Waals surface area contributed by atoms with Gasteiger partial charge in [-0.2, -0.15) is 0 Å². The van der Waals surface area contributed by atoms with E-state index in [-0.39, 0.29) is 11.8 Å². The summed E-state index contributed by atoms with van der Waals surface area (Å²) in [5, 5.41) is 2.94. The van der Waals surface area contributed by atoms with Crippen LogP contribution in [0.25, 0.3) is 5.69 Å². The Morgan fingerprint density at radius 3 is 2.73 bits per heavy atom. The number of carbonyl (C=O) groups is 1. The van der Waals surface area contributed by atoms with Crippen LogP contribution in [0.4, 0.5) is 5.69 Å². The second-order valence-electron chi connectivity index (χ2n) is 6.59. The maximum atomic E-state index is 11.9. The van der Waals surface area contributed by atoms with Gasteiger partial charge in [-0.1, -0.05) is 18.2 Å². The number of amides is 1. The van der Waals surface area contributed by atoms with Gasteiger partial charge in [-0.05, 0) is 49.6 Å². The summed E-state index contributed by atoms with van der Waals surface area (Å²) in [6.45, 7) is 2.45. The number of anilines is 1. The number of hydrogen-bond acceptors (Lipinski definition) is 3. The van der Waals surface area contributed by atoms with E-state index >= 15 is 0 Å². The van der Waals surface area contributed by atoms with Crippen molar-refractivity contribution >= 4 is 11.6 Å². The molecule has 1 aliphatic rings. The molecule has 1 heterocycles. The van der Waals surface area contributed by atoms with Crippen LogP contribution in [0.5, 0.6) is 5.75 Å². The molecule has 5 heteroatoms. The third-order valence-corrected chi connectivity index (χ3v) is 4.50. The zero-order valence-corrected chi connectivity index (χ0v) is 14.7. The SMILES string of the molecule is Cc1nccn1-c1ccc(COc2cccc(NC(=O)C3CC3)c2)cc1. The minimum atomic E-state index is 0.104. The van der Waals surface area contributed by atoms with Crippen molar-refractivity contribution in [3.63, 3.8) is 0 Å². The molecule has 1 fully saturated rings. The van der Waals surface area contributed by atoms with Crippen molar-refractivity contribution in [2.45, 2.75) is 26.4 Å². The summed E-state index contributed by atoms with van der Waals surface area (Å²) in [6.07, 6.45) is 5.73. The van der Waals surface area contributed by atoms with E-state index in [2.05, 4.69) is 22.4 Å². The Morgan fingerprint density at radius 2 is 2.04 bits per heavy atom. The van der Waals surface area contributed by atoms with Crippen LogP contribution in [0.2, 0.25) is 0 Å². The van der Waals surface area contributed by atoms with E-state index in [0.717, 1.165) is 41.4 Å². The van der Waals surface area contributed by atoms with Crippen molar-refractivity contribution in [3.05, 3.63) is 72.3 Å². The van der Waals surface area contributed by atoms with Gasteiger partial charge in [-0.15, -0.1) is 0 Å². The van der Waals surface area contributed by atoms with E-state index in [1.54, 1.807) is 6.20 Å². The Labute approximate surface area is 152 Å². The van der Waals surface area contributed by atoms with Crippen molar-refractivity contribution in [3.8, 4) is 11.4 Å². The highest BCUT2D eigenvalue weighted by atomic mass is 16.5. The van der Waals surface area contributed by atoms with Gasteiger partial charge in [0.2, 0.25) is 5.91 Å². The molecule has 3 aromatic rings. The van der Waals surface area contributed by atoms with Crippen LogP contribution in [-0.2, 0) is 11.4 Å². The standard InChI is InChI=1S/C21H21N3O2/c1-15-22-11-12-24(15)19-9-5-16(6-10-19)14-26-20-4-2-3-18(13-20)23-21(25)17-7-8-17/h2-6,9-13,17H,7-8,14H2,1H3,(H,23,25). The predicted molar refractivity (Wildman–Crippen MR) is 100 cm³/mol. The van der Waals surface area contributed by atoms with Crippen molar-refractivity contribution in [2.24, 2.45) is 5.92 Å². The highest BCUT2D eigenvalue weighted by Crippen LogP contribution is 2.30. The average Bonchev–Trinajstić information content (AvgIpc) is 3.43. The third-order valence-electron chi connectivity index (χ3n) is 4.50. The van der Waals surface area contributed by atoms with Crippen molar-refractivity contribution in [1.82, 2.24) is 9.55 Å². The number of ether oxygens (including phenoxy) is 1. The average molecular weight is 347 g/mol. The van der Waals surface area contributed by atoms with Crippen LogP contribution >= 0.6 is 0 Å². The highest BCUT2D eigenvalue weighted by Gasteiger charge is 2.29. The zero-order chi connectivity index (χ0) is 17.9. The van der Waals surface area contributed by atoms with E-state index in [0.29, 0.717) is 6.61 Å². The Bertz CT molecular complexity index is 911. The molecule has 1 saturated carbocycles. The topological polar surface area (TPSA) is 56.1 Å². The first-order valence-corrected chi connectivity index (χ1v) is 8.82. The summed E-state index contributed by atoms with van der Waals surface area (Å²) in [4.78, 5) is 16.1. The summed E-state index contributed by atoms with van der Waals surface area (Å²) in [5.41, 5.74) is 2.94. The van der Waals surface area contributed by atoms with E-state index in [4.69, 9.17) is 4.74 Å².